The van der Waals surface area contributed by atoms with E-state index < -0.39 is 11.7 Å². The molecular weight excluding hydrogens is 254 g/mol. The van der Waals surface area contributed by atoms with E-state index in [2.05, 4.69) is 11.4 Å². The highest BCUT2D eigenvalue weighted by atomic mass is 16.5. The zero-order chi connectivity index (χ0) is 14.6. The van der Waals surface area contributed by atoms with Gasteiger partial charge in [0, 0.05) is 13.1 Å². The van der Waals surface area contributed by atoms with Gasteiger partial charge in [0.2, 0.25) is 0 Å². The summed E-state index contributed by atoms with van der Waals surface area (Å²) in [4.78, 5) is 0. The maximum atomic E-state index is 9.92. The highest BCUT2D eigenvalue weighted by molar-refractivity contribution is 5.35. The lowest BCUT2D eigenvalue weighted by Gasteiger charge is -2.36. The molecule has 1 fully saturated rings. The first-order valence-corrected chi connectivity index (χ1v) is 7.30. The van der Waals surface area contributed by atoms with Gasteiger partial charge in [-0.3, -0.25) is 0 Å². The van der Waals surface area contributed by atoms with Crippen molar-refractivity contribution in [2.75, 3.05) is 19.7 Å². The number of ether oxygens (including phenoxy) is 1. The number of aliphatic hydroxyl groups is 2. The zero-order valence-corrected chi connectivity index (χ0v) is 12.4. The first-order chi connectivity index (χ1) is 9.48. The summed E-state index contributed by atoms with van der Waals surface area (Å²) in [5.74, 6) is 0.812. The Kier molecular flexibility index (Phi) is 5.02. The lowest BCUT2D eigenvalue weighted by Crippen LogP contribution is -2.48. The number of benzene rings is 1. The van der Waals surface area contributed by atoms with Gasteiger partial charge < -0.3 is 20.3 Å². The van der Waals surface area contributed by atoms with Gasteiger partial charge in [-0.1, -0.05) is 17.7 Å². The molecule has 0 aromatic heterocycles. The van der Waals surface area contributed by atoms with Gasteiger partial charge in [-0.05, 0) is 44.7 Å². The Morgan fingerprint density at radius 2 is 2.10 bits per heavy atom. The molecule has 1 aromatic carbocycles. The minimum atomic E-state index is -0.570. The molecule has 0 aliphatic heterocycles. The standard InChI is InChI=1S/C16H25NO3/c1-12-4-5-15(13(2)8-12)20-10-14(18)9-17-11-16(19)6-3-7-16/h4-5,8,14,17-19H,3,6-7,9-11H2,1-2H3. The molecule has 0 amide bonds. The highest BCUT2D eigenvalue weighted by Gasteiger charge is 2.33. The largest absolute Gasteiger partial charge is 0.491 e. The van der Waals surface area contributed by atoms with Gasteiger partial charge in [0.25, 0.3) is 0 Å². The van der Waals surface area contributed by atoms with E-state index in [4.69, 9.17) is 4.74 Å². The van der Waals surface area contributed by atoms with Gasteiger partial charge in [0.15, 0.2) is 0 Å². The van der Waals surface area contributed by atoms with E-state index in [1.54, 1.807) is 0 Å². The van der Waals surface area contributed by atoms with Crippen LogP contribution in [0.25, 0.3) is 0 Å². The molecule has 4 heteroatoms. The number of hydrogen-bond acceptors (Lipinski definition) is 4. The normalized spacial score (nSPS) is 18.4. The van der Waals surface area contributed by atoms with Crippen molar-refractivity contribution in [3.63, 3.8) is 0 Å². The maximum absolute atomic E-state index is 9.92. The van der Waals surface area contributed by atoms with Crippen LogP contribution in [0.1, 0.15) is 30.4 Å². The first kappa shape index (κ1) is 15.3. The topological polar surface area (TPSA) is 61.7 Å². The van der Waals surface area contributed by atoms with Gasteiger partial charge in [0.1, 0.15) is 18.5 Å². The molecular formula is C16H25NO3. The first-order valence-electron chi connectivity index (χ1n) is 7.30. The summed E-state index contributed by atoms with van der Waals surface area (Å²) in [7, 11) is 0. The van der Waals surface area contributed by atoms with E-state index in [1.807, 2.05) is 26.0 Å². The second-order valence-corrected chi connectivity index (χ2v) is 5.94. The quantitative estimate of drug-likeness (QED) is 0.708. The Morgan fingerprint density at radius 3 is 2.70 bits per heavy atom. The fourth-order valence-corrected chi connectivity index (χ4v) is 2.44. The molecule has 0 radical (unpaired) electrons. The van der Waals surface area contributed by atoms with Crippen LogP contribution in [0.15, 0.2) is 18.2 Å². The smallest absolute Gasteiger partial charge is 0.122 e. The van der Waals surface area contributed by atoms with Crippen molar-refractivity contribution in [3.8, 4) is 5.75 Å². The van der Waals surface area contributed by atoms with Crippen LogP contribution >= 0.6 is 0 Å². The minimum absolute atomic E-state index is 0.259. The number of aryl methyl sites for hydroxylation is 2. The second-order valence-electron chi connectivity index (χ2n) is 5.94. The Balaban J connectivity index is 1.67. The molecule has 1 saturated carbocycles. The van der Waals surface area contributed by atoms with Crippen molar-refractivity contribution in [3.05, 3.63) is 29.3 Å². The molecule has 1 aliphatic rings. The summed E-state index contributed by atoms with van der Waals surface area (Å²) in [5.41, 5.74) is 1.73. The van der Waals surface area contributed by atoms with Crippen LogP contribution in [-0.2, 0) is 0 Å². The van der Waals surface area contributed by atoms with Crippen molar-refractivity contribution in [1.82, 2.24) is 5.32 Å². The molecule has 1 aliphatic carbocycles. The zero-order valence-electron chi connectivity index (χ0n) is 12.4. The molecule has 1 aromatic rings. The second kappa shape index (κ2) is 6.57. The summed E-state index contributed by atoms with van der Waals surface area (Å²) >= 11 is 0. The van der Waals surface area contributed by atoms with Crippen LogP contribution in [-0.4, -0.2) is 41.6 Å². The molecule has 1 unspecified atom stereocenters. The van der Waals surface area contributed by atoms with E-state index in [9.17, 15) is 10.2 Å². The molecule has 112 valence electrons. The number of rotatable bonds is 7. The summed E-state index contributed by atoms with van der Waals surface area (Å²) < 4.78 is 5.62. The molecule has 0 bridgehead atoms. The molecule has 2 rings (SSSR count). The Morgan fingerprint density at radius 1 is 1.35 bits per heavy atom. The Bertz CT molecular complexity index is 443. The number of hydrogen-bond donors (Lipinski definition) is 3. The average Bonchev–Trinajstić information content (AvgIpc) is 2.35. The van der Waals surface area contributed by atoms with Crippen molar-refractivity contribution < 1.29 is 14.9 Å². The van der Waals surface area contributed by atoms with Crippen LogP contribution in [0.2, 0.25) is 0 Å². The predicted molar refractivity (Wildman–Crippen MR) is 79.1 cm³/mol. The maximum Gasteiger partial charge on any atom is 0.122 e. The average molecular weight is 279 g/mol. The molecule has 20 heavy (non-hydrogen) atoms. The summed E-state index contributed by atoms with van der Waals surface area (Å²) in [5, 5.41) is 22.9. The van der Waals surface area contributed by atoms with E-state index in [0.29, 0.717) is 13.1 Å². The molecule has 0 spiro atoms. The molecule has 3 N–H and O–H groups in total. The van der Waals surface area contributed by atoms with Crippen LogP contribution in [0, 0.1) is 13.8 Å². The SMILES string of the molecule is Cc1ccc(OCC(O)CNCC2(O)CCC2)c(C)c1. The monoisotopic (exact) mass is 279 g/mol. The highest BCUT2D eigenvalue weighted by Crippen LogP contribution is 2.30. The summed E-state index contributed by atoms with van der Waals surface area (Å²) in [6.45, 7) is 5.29. The van der Waals surface area contributed by atoms with Crippen molar-refractivity contribution in [2.45, 2.75) is 44.8 Å². The van der Waals surface area contributed by atoms with Gasteiger partial charge in [0.05, 0.1) is 5.60 Å². The van der Waals surface area contributed by atoms with Gasteiger partial charge in [-0.25, -0.2) is 0 Å². The number of nitrogens with one attached hydrogen (secondary N) is 1. The fourth-order valence-electron chi connectivity index (χ4n) is 2.44. The number of aliphatic hydroxyl groups excluding tert-OH is 1. The lowest BCUT2D eigenvalue weighted by molar-refractivity contribution is -0.0334. The van der Waals surface area contributed by atoms with E-state index in [-0.39, 0.29) is 6.61 Å². The third-order valence-electron chi connectivity index (χ3n) is 3.88. The van der Waals surface area contributed by atoms with E-state index in [1.165, 1.54) is 5.56 Å². The summed E-state index contributed by atoms with van der Waals surface area (Å²) in [6, 6.07) is 5.99. The third-order valence-corrected chi connectivity index (χ3v) is 3.88. The molecule has 1 atom stereocenters. The third kappa shape index (κ3) is 4.20. The van der Waals surface area contributed by atoms with Crippen LogP contribution in [0.5, 0.6) is 5.75 Å². The van der Waals surface area contributed by atoms with Crippen molar-refractivity contribution >= 4 is 0 Å². The molecule has 4 nitrogen and oxygen atoms in total. The molecule has 0 heterocycles. The van der Waals surface area contributed by atoms with Crippen LogP contribution in [0.3, 0.4) is 0 Å². The Labute approximate surface area is 120 Å². The fraction of sp³-hybridized carbons (Fsp3) is 0.625. The van der Waals surface area contributed by atoms with Crippen LogP contribution in [0.4, 0.5) is 0 Å². The van der Waals surface area contributed by atoms with Crippen molar-refractivity contribution in [2.24, 2.45) is 0 Å². The van der Waals surface area contributed by atoms with Gasteiger partial charge in [-0.2, -0.15) is 0 Å². The van der Waals surface area contributed by atoms with E-state index in [0.717, 1.165) is 30.6 Å². The molecule has 0 saturated heterocycles. The van der Waals surface area contributed by atoms with Crippen LogP contribution < -0.4 is 10.1 Å². The summed E-state index contributed by atoms with van der Waals surface area (Å²) in [6.07, 6.45) is 2.24. The minimum Gasteiger partial charge on any atom is -0.491 e. The Hall–Kier alpha value is -1.10. The van der Waals surface area contributed by atoms with E-state index >= 15 is 0 Å². The van der Waals surface area contributed by atoms with Gasteiger partial charge >= 0.3 is 0 Å². The predicted octanol–water partition coefficient (Wildman–Crippen LogP) is 1.55. The lowest BCUT2D eigenvalue weighted by atomic mass is 9.80. The van der Waals surface area contributed by atoms with Crippen molar-refractivity contribution in [1.29, 1.82) is 0 Å². The van der Waals surface area contributed by atoms with Gasteiger partial charge in [-0.15, -0.1) is 0 Å².